The number of anilines is 2. The fourth-order valence-electron chi connectivity index (χ4n) is 2.93. The third-order valence-electron chi connectivity index (χ3n) is 4.54. The third kappa shape index (κ3) is 4.13. The van der Waals surface area contributed by atoms with Crippen molar-refractivity contribution in [1.82, 2.24) is 19.4 Å². The minimum Gasteiger partial charge on any atom is -0.336 e. The van der Waals surface area contributed by atoms with Crippen molar-refractivity contribution in [3.8, 4) is 0 Å². The average molecular weight is 420 g/mol. The summed E-state index contributed by atoms with van der Waals surface area (Å²) in [6.07, 6.45) is 1.60. The maximum atomic E-state index is 12.6. The number of carbonyl (C=O) groups excluding carboxylic acids is 1. The molecule has 1 N–H and O–H groups in total. The summed E-state index contributed by atoms with van der Waals surface area (Å²) in [6, 6.07) is 7.13. The first-order valence-electron chi connectivity index (χ1n) is 8.60. The molecule has 2 heterocycles. The van der Waals surface area contributed by atoms with Crippen LogP contribution in [0.2, 0.25) is 0 Å². The second kappa shape index (κ2) is 8.01. The van der Waals surface area contributed by atoms with Gasteiger partial charge in [0.15, 0.2) is 5.82 Å². The Kier molecular flexibility index (Phi) is 5.73. The topological polar surface area (TPSA) is 70.5 Å². The first kappa shape index (κ1) is 18.6. The summed E-state index contributed by atoms with van der Waals surface area (Å²) in [4.78, 5) is 33.1. The number of halogens is 1. The van der Waals surface area contributed by atoms with Crippen LogP contribution in [-0.2, 0) is 7.05 Å². The molecule has 1 aromatic carbocycles. The molecule has 1 amide bonds. The van der Waals surface area contributed by atoms with Crippen LogP contribution < -0.4 is 10.9 Å². The monoisotopic (exact) mass is 419 g/mol. The maximum Gasteiger partial charge on any atom is 0.293 e. The van der Waals surface area contributed by atoms with Gasteiger partial charge in [-0.1, -0.05) is 6.92 Å². The summed E-state index contributed by atoms with van der Waals surface area (Å²) in [6.45, 7) is 6.50. The lowest BCUT2D eigenvalue weighted by atomic mass is 10.1. The minimum atomic E-state index is -0.220. The lowest BCUT2D eigenvalue weighted by Gasteiger charge is -2.34. The fourth-order valence-corrected chi connectivity index (χ4v) is 3.42. The van der Waals surface area contributed by atoms with Gasteiger partial charge < -0.3 is 19.7 Å². The third-order valence-corrected chi connectivity index (χ3v) is 4.93. The maximum absolute atomic E-state index is 12.6. The van der Waals surface area contributed by atoms with E-state index in [0.717, 1.165) is 32.7 Å². The summed E-state index contributed by atoms with van der Waals surface area (Å²) in [5.41, 5.74) is 1.14. The molecule has 1 saturated heterocycles. The van der Waals surface area contributed by atoms with E-state index in [4.69, 9.17) is 0 Å². The van der Waals surface area contributed by atoms with Gasteiger partial charge in [0.2, 0.25) is 0 Å². The molecule has 0 radical (unpaired) electrons. The number of carbonyl (C=O) groups is 1. The molecule has 0 aliphatic carbocycles. The summed E-state index contributed by atoms with van der Waals surface area (Å²) < 4.78 is 2.02. The molecule has 1 fully saturated rings. The Balaban J connectivity index is 1.69. The molecule has 0 bridgehead atoms. The predicted octanol–water partition coefficient (Wildman–Crippen LogP) is 2.06. The molecule has 138 valence electrons. The molecule has 8 heteroatoms. The lowest BCUT2D eigenvalue weighted by Crippen LogP contribution is -2.48. The molecular weight excluding hydrogens is 398 g/mol. The molecule has 1 aliphatic rings. The van der Waals surface area contributed by atoms with Gasteiger partial charge in [0, 0.05) is 50.7 Å². The zero-order chi connectivity index (χ0) is 18.7. The molecule has 1 aromatic heterocycles. The van der Waals surface area contributed by atoms with Crippen LogP contribution in [0.15, 0.2) is 39.9 Å². The van der Waals surface area contributed by atoms with Gasteiger partial charge in [0.1, 0.15) is 4.60 Å². The van der Waals surface area contributed by atoms with Crippen LogP contribution in [0.5, 0.6) is 0 Å². The number of rotatable bonds is 4. The van der Waals surface area contributed by atoms with E-state index in [1.807, 2.05) is 4.90 Å². The van der Waals surface area contributed by atoms with Crippen molar-refractivity contribution in [3.05, 3.63) is 51.0 Å². The number of benzene rings is 1. The molecule has 26 heavy (non-hydrogen) atoms. The van der Waals surface area contributed by atoms with E-state index >= 15 is 0 Å². The quantitative estimate of drug-likeness (QED) is 0.820. The molecule has 1 aliphatic heterocycles. The second-order valence-corrected chi connectivity index (χ2v) is 7.07. The number of nitrogens with zero attached hydrogens (tertiary/aromatic N) is 4. The molecular formula is C18H22BrN5O2. The van der Waals surface area contributed by atoms with Gasteiger partial charge in [0.05, 0.1) is 0 Å². The summed E-state index contributed by atoms with van der Waals surface area (Å²) in [5.74, 6) is 0.278. The minimum absolute atomic E-state index is 0.0452. The normalized spacial score (nSPS) is 15.1. The van der Waals surface area contributed by atoms with E-state index in [2.05, 4.69) is 38.1 Å². The Morgan fingerprint density at radius 2 is 1.85 bits per heavy atom. The van der Waals surface area contributed by atoms with Crippen LogP contribution in [0, 0.1) is 0 Å². The van der Waals surface area contributed by atoms with Crippen molar-refractivity contribution in [3.63, 3.8) is 0 Å². The highest BCUT2D eigenvalue weighted by Gasteiger charge is 2.21. The van der Waals surface area contributed by atoms with Crippen LogP contribution in [0.3, 0.4) is 0 Å². The number of aryl methyl sites for hydroxylation is 1. The van der Waals surface area contributed by atoms with E-state index in [9.17, 15) is 9.59 Å². The van der Waals surface area contributed by atoms with Crippen LogP contribution in [0.1, 0.15) is 17.3 Å². The summed E-state index contributed by atoms with van der Waals surface area (Å²) >= 11 is 3.28. The zero-order valence-electron chi connectivity index (χ0n) is 14.9. The first-order chi connectivity index (χ1) is 12.5. The smallest absolute Gasteiger partial charge is 0.293 e. The van der Waals surface area contributed by atoms with Gasteiger partial charge in [-0.2, -0.15) is 0 Å². The number of likely N-dealkylation sites (N-methyl/N-ethyl adjacent to an activating group) is 1. The number of hydrogen-bond acceptors (Lipinski definition) is 5. The highest BCUT2D eigenvalue weighted by atomic mass is 79.9. The Morgan fingerprint density at radius 1 is 1.19 bits per heavy atom. The summed E-state index contributed by atoms with van der Waals surface area (Å²) in [5, 5.41) is 3.01. The van der Waals surface area contributed by atoms with E-state index in [1.165, 1.54) is 4.57 Å². The SMILES string of the molecule is CCN1CCN(C(=O)c2ccc(Nc3nc(Br)cn(C)c3=O)cc2)CC1. The number of hydrogen-bond donors (Lipinski definition) is 1. The Labute approximate surface area is 160 Å². The Morgan fingerprint density at radius 3 is 2.46 bits per heavy atom. The summed E-state index contributed by atoms with van der Waals surface area (Å²) in [7, 11) is 1.67. The van der Waals surface area contributed by atoms with Crippen molar-refractivity contribution >= 4 is 33.3 Å². The van der Waals surface area contributed by atoms with Crippen molar-refractivity contribution in [2.45, 2.75) is 6.92 Å². The largest absolute Gasteiger partial charge is 0.336 e. The lowest BCUT2D eigenvalue weighted by molar-refractivity contribution is 0.0643. The highest BCUT2D eigenvalue weighted by Crippen LogP contribution is 2.16. The highest BCUT2D eigenvalue weighted by molar-refractivity contribution is 9.10. The zero-order valence-corrected chi connectivity index (χ0v) is 16.5. The second-order valence-electron chi connectivity index (χ2n) is 6.26. The molecule has 0 saturated carbocycles. The molecule has 7 nitrogen and oxygen atoms in total. The average Bonchev–Trinajstić information content (AvgIpc) is 2.66. The fraction of sp³-hybridized carbons (Fsp3) is 0.389. The molecule has 0 atom stereocenters. The van der Waals surface area contributed by atoms with Gasteiger partial charge >= 0.3 is 0 Å². The molecule has 2 aromatic rings. The molecule has 0 spiro atoms. The van der Waals surface area contributed by atoms with Crippen molar-refractivity contribution in [2.24, 2.45) is 7.05 Å². The first-order valence-corrected chi connectivity index (χ1v) is 9.39. The van der Waals surface area contributed by atoms with E-state index in [1.54, 1.807) is 37.5 Å². The van der Waals surface area contributed by atoms with Crippen molar-refractivity contribution in [2.75, 3.05) is 38.0 Å². The van der Waals surface area contributed by atoms with Crippen LogP contribution in [-0.4, -0.2) is 58.0 Å². The van der Waals surface area contributed by atoms with E-state index in [-0.39, 0.29) is 17.3 Å². The molecule has 3 rings (SSSR count). The molecule has 0 unspecified atom stereocenters. The number of nitrogens with one attached hydrogen (secondary N) is 1. The van der Waals surface area contributed by atoms with Gasteiger partial charge in [-0.3, -0.25) is 9.59 Å². The number of aromatic nitrogens is 2. The predicted molar refractivity (Wildman–Crippen MR) is 105 cm³/mol. The van der Waals surface area contributed by atoms with Gasteiger partial charge in [-0.25, -0.2) is 4.98 Å². The Bertz CT molecular complexity index is 842. The van der Waals surface area contributed by atoms with Gasteiger partial charge in [0.25, 0.3) is 11.5 Å². The Hall–Kier alpha value is -2.19. The van der Waals surface area contributed by atoms with Crippen LogP contribution in [0.25, 0.3) is 0 Å². The van der Waals surface area contributed by atoms with Gasteiger partial charge in [-0.05, 0) is 46.7 Å². The van der Waals surface area contributed by atoms with E-state index < -0.39 is 0 Å². The number of amides is 1. The standard InChI is InChI=1S/C18H22BrN5O2/c1-3-23-8-10-24(11-9-23)17(25)13-4-6-14(7-5-13)20-16-18(26)22(2)12-15(19)21-16/h4-7,12H,3,8-11H2,1-2H3,(H,20,21). The van der Waals surface area contributed by atoms with Crippen molar-refractivity contribution in [1.29, 1.82) is 0 Å². The van der Waals surface area contributed by atoms with Crippen molar-refractivity contribution < 1.29 is 4.79 Å². The van der Waals surface area contributed by atoms with Crippen LogP contribution >= 0.6 is 15.9 Å². The van der Waals surface area contributed by atoms with E-state index in [0.29, 0.717) is 15.9 Å². The van der Waals surface area contributed by atoms with Gasteiger partial charge in [-0.15, -0.1) is 0 Å². The van der Waals surface area contributed by atoms with Crippen LogP contribution in [0.4, 0.5) is 11.5 Å². The number of piperazine rings is 1.